The lowest BCUT2D eigenvalue weighted by Gasteiger charge is -2.14. The van der Waals surface area contributed by atoms with Crippen molar-refractivity contribution >= 4 is 23.6 Å². The van der Waals surface area contributed by atoms with Gasteiger partial charge in [0.15, 0.2) is 11.5 Å². The van der Waals surface area contributed by atoms with Gasteiger partial charge in [0.25, 0.3) is 0 Å². The van der Waals surface area contributed by atoms with Gasteiger partial charge in [-0.2, -0.15) is 13.2 Å². The van der Waals surface area contributed by atoms with Gasteiger partial charge in [-0.25, -0.2) is 4.79 Å². The largest absolute Gasteiger partial charge is 0.493 e. The minimum absolute atomic E-state index is 0.0177. The second-order valence-electron chi connectivity index (χ2n) is 3.92. The number of alkyl halides is 3. The third-order valence-corrected chi connectivity index (χ3v) is 2.58. The highest BCUT2D eigenvalue weighted by atomic mass is 35.5. The molecule has 0 aliphatic carbocycles. The zero-order valence-electron chi connectivity index (χ0n) is 10.9. The molecule has 0 bridgehead atoms. The van der Waals surface area contributed by atoms with Crippen molar-refractivity contribution in [2.75, 3.05) is 13.7 Å². The molecule has 0 radical (unpaired) electrons. The second kappa shape index (κ2) is 7.21. The number of methoxy groups -OCH3 is 1. The van der Waals surface area contributed by atoms with Crippen LogP contribution in [0.5, 0.6) is 11.5 Å². The van der Waals surface area contributed by atoms with E-state index in [1.165, 1.54) is 25.3 Å². The number of ether oxygens (including phenoxy) is 2. The summed E-state index contributed by atoms with van der Waals surface area (Å²) in [5.41, 5.74) is 0.419. The van der Waals surface area contributed by atoms with Crippen molar-refractivity contribution in [2.45, 2.75) is 12.6 Å². The van der Waals surface area contributed by atoms with E-state index < -0.39 is 25.2 Å². The van der Waals surface area contributed by atoms with Crippen molar-refractivity contribution in [1.82, 2.24) is 0 Å². The van der Waals surface area contributed by atoms with Crippen LogP contribution in [0.4, 0.5) is 13.2 Å². The lowest BCUT2D eigenvalue weighted by molar-refractivity contribution is -0.139. The van der Waals surface area contributed by atoms with Crippen LogP contribution in [-0.4, -0.2) is 31.0 Å². The van der Waals surface area contributed by atoms with Gasteiger partial charge in [-0.05, 0) is 23.8 Å². The van der Waals surface area contributed by atoms with Gasteiger partial charge >= 0.3 is 12.1 Å². The predicted octanol–water partition coefficient (Wildman–Crippen LogP) is 3.78. The van der Waals surface area contributed by atoms with Gasteiger partial charge in [0.2, 0.25) is 0 Å². The number of aliphatic carboxylic acids is 1. The van der Waals surface area contributed by atoms with Crippen LogP contribution in [0.3, 0.4) is 0 Å². The van der Waals surface area contributed by atoms with Crippen molar-refractivity contribution in [1.29, 1.82) is 0 Å². The van der Waals surface area contributed by atoms with Crippen molar-refractivity contribution in [3.8, 4) is 11.5 Å². The summed E-state index contributed by atoms with van der Waals surface area (Å²) < 4.78 is 46.2. The van der Waals surface area contributed by atoms with Crippen molar-refractivity contribution in [3.05, 3.63) is 28.8 Å². The normalized spacial score (nSPS) is 11.7. The predicted molar refractivity (Wildman–Crippen MR) is 70.8 cm³/mol. The molecule has 0 unspecified atom stereocenters. The highest BCUT2D eigenvalue weighted by Crippen LogP contribution is 2.37. The quantitative estimate of drug-likeness (QED) is 0.809. The Morgan fingerprint density at radius 1 is 1.43 bits per heavy atom. The minimum atomic E-state index is -4.33. The second-order valence-corrected chi connectivity index (χ2v) is 4.33. The number of hydrogen-bond donors (Lipinski definition) is 1. The van der Waals surface area contributed by atoms with Crippen LogP contribution in [0.2, 0.25) is 5.02 Å². The fourth-order valence-electron chi connectivity index (χ4n) is 1.41. The van der Waals surface area contributed by atoms with Crippen LogP contribution < -0.4 is 9.47 Å². The highest BCUT2D eigenvalue weighted by molar-refractivity contribution is 6.32. The van der Waals surface area contributed by atoms with Gasteiger partial charge in [0, 0.05) is 6.08 Å². The van der Waals surface area contributed by atoms with Gasteiger partial charge in [0.1, 0.15) is 0 Å². The van der Waals surface area contributed by atoms with Crippen molar-refractivity contribution < 1.29 is 32.5 Å². The van der Waals surface area contributed by atoms with Crippen LogP contribution in [-0.2, 0) is 4.79 Å². The molecule has 0 amide bonds. The average Bonchev–Trinajstić information content (AvgIpc) is 2.36. The zero-order chi connectivity index (χ0) is 16.0. The molecule has 0 saturated heterocycles. The highest BCUT2D eigenvalue weighted by Gasteiger charge is 2.27. The molecule has 1 aromatic rings. The summed E-state index contributed by atoms with van der Waals surface area (Å²) in [5.74, 6) is -1.04. The molecule has 0 fully saturated rings. The summed E-state index contributed by atoms with van der Waals surface area (Å²) in [6.07, 6.45) is -3.28. The van der Waals surface area contributed by atoms with E-state index in [1.807, 2.05) is 0 Å². The van der Waals surface area contributed by atoms with Crippen LogP contribution in [0.1, 0.15) is 12.0 Å². The van der Waals surface area contributed by atoms with Crippen molar-refractivity contribution in [2.24, 2.45) is 0 Å². The third-order valence-electron chi connectivity index (χ3n) is 2.30. The molecular formula is C13H12ClF3O4. The molecule has 0 heterocycles. The average molecular weight is 325 g/mol. The Bertz CT molecular complexity index is 541. The summed E-state index contributed by atoms with van der Waals surface area (Å²) in [6.45, 7) is -0.593. The Balaban J connectivity index is 2.92. The van der Waals surface area contributed by atoms with E-state index in [0.717, 1.165) is 6.08 Å². The van der Waals surface area contributed by atoms with E-state index in [9.17, 15) is 18.0 Å². The molecule has 1 rings (SSSR count). The molecule has 0 spiro atoms. The fraction of sp³-hybridized carbons (Fsp3) is 0.308. The first-order valence-corrected chi connectivity index (χ1v) is 6.09. The fourth-order valence-corrected chi connectivity index (χ4v) is 1.69. The van der Waals surface area contributed by atoms with Gasteiger partial charge in [-0.1, -0.05) is 11.6 Å². The summed E-state index contributed by atoms with van der Waals surface area (Å²) in [5, 5.41) is 8.56. The summed E-state index contributed by atoms with van der Waals surface area (Å²) in [4.78, 5) is 10.4. The van der Waals surface area contributed by atoms with Crippen LogP contribution in [0.25, 0.3) is 6.08 Å². The molecule has 0 saturated carbocycles. The summed E-state index contributed by atoms with van der Waals surface area (Å²) >= 11 is 5.91. The van der Waals surface area contributed by atoms with E-state index in [0.29, 0.717) is 5.56 Å². The van der Waals surface area contributed by atoms with Gasteiger partial charge in [-0.15, -0.1) is 0 Å². The Labute approximate surface area is 123 Å². The number of carboxylic acid groups (broad SMARTS) is 1. The first-order chi connectivity index (χ1) is 9.73. The maximum atomic E-state index is 12.1. The number of benzene rings is 1. The number of rotatable bonds is 6. The van der Waals surface area contributed by atoms with Gasteiger partial charge < -0.3 is 14.6 Å². The maximum Gasteiger partial charge on any atom is 0.392 e. The molecule has 8 heteroatoms. The van der Waals surface area contributed by atoms with Crippen LogP contribution in [0, 0.1) is 0 Å². The molecule has 0 aliphatic rings. The van der Waals surface area contributed by atoms with E-state index in [1.54, 1.807) is 0 Å². The maximum absolute atomic E-state index is 12.1. The SMILES string of the molecule is COc1cc(C=CC(=O)O)cc(Cl)c1OCCC(F)(F)F. The topological polar surface area (TPSA) is 55.8 Å². The van der Waals surface area contributed by atoms with E-state index in [2.05, 4.69) is 0 Å². The van der Waals surface area contributed by atoms with E-state index in [-0.39, 0.29) is 16.5 Å². The molecule has 116 valence electrons. The number of hydrogen-bond acceptors (Lipinski definition) is 3. The van der Waals surface area contributed by atoms with Crippen LogP contribution >= 0.6 is 11.6 Å². The first-order valence-electron chi connectivity index (χ1n) is 5.71. The third kappa shape index (κ3) is 5.95. The lowest BCUT2D eigenvalue weighted by Crippen LogP contribution is -2.13. The molecule has 1 N–H and O–H groups in total. The number of carbonyl (C=O) groups is 1. The van der Waals surface area contributed by atoms with E-state index in [4.69, 9.17) is 26.2 Å². The first kappa shape index (κ1) is 17.2. The molecule has 21 heavy (non-hydrogen) atoms. The zero-order valence-corrected chi connectivity index (χ0v) is 11.7. The van der Waals surface area contributed by atoms with Crippen molar-refractivity contribution in [3.63, 3.8) is 0 Å². The van der Waals surface area contributed by atoms with Crippen LogP contribution in [0.15, 0.2) is 18.2 Å². The monoisotopic (exact) mass is 324 g/mol. The Morgan fingerprint density at radius 3 is 2.62 bits per heavy atom. The Hall–Kier alpha value is -1.89. The molecule has 0 aromatic heterocycles. The van der Waals surface area contributed by atoms with Gasteiger partial charge in [-0.3, -0.25) is 0 Å². The molecule has 0 atom stereocenters. The summed E-state index contributed by atoms with van der Waals surface area (Å²) in [6, 6.07) is 2.78. The standard InChI is InChI=1S/C13H12ClF3O4/c1-20-10-7-8(2-3-11(18)19)6-9(14)12(10)21-5-4-13(15,16)17/h2-3,6-7H,4-5H2,1H3,(H,18,19). The molecule has 1 aromatic carbocycles. The van der Waals surface area contributed by atoms with Gasteiger partial charge in [0.05, 0.1) is 25.2 Å². The molecular weight excluding hydrogens is 313 g/mol. The smallest absolute Gasteiger partial charge is 0.392 e. The number of carboxylic acids is 1. The summed E-state index contributed by atoms with van der Waals surface area (Å²) in [7, 11) is 1.30. The van der Waals surface area contributed by atoms with E-state index >= 15 is 0 Å². The lowest BCUT2D eigenvalue weighted by atomic mass is 10.2. The molecule has 4 nitrogen and oxygen atoms in total. The molecule has 0 aliphatic heterocycles. The number of halogens is 4. The minimum Gasteiger partial charge on any atom is -0.493 e. The Kier molecular flexibility index (Phi) is 5.90. The Morgan fingerprint density at radius 2 is 2.10 bits per heavy atom.